The van der Waals surface area contributed by atoms with Gasteiger partial charge < -0.3 is 15.2 Å². The molecule has 2 aromatic carbocycles. The molecule has 0 amide bonds. The van der Waals surface area contributed by atoms with E-state index >= 15 is 0 Å². The SMILES string of the molecule is Clc1ncc2c(-c3cc(Cc4ccccc4)cs3)cn([C@H]3CC[C@@H](CNCCCNCCc4ccccc4)C3)c2n1. The average Bonchev–Trinajstić information content (AvgIpc) is 3.74. The van der Waals surface area contributed by atoms with Crippen molar-refractivity contribution in [2.75, 3.05) is 26.2 Å². The minimum absolute atomic E-state index is 0.313. The topological polar surface area (TPSA) is 54.8 Å². The fourth-order valence-corrected chi connectivity index (χ4v) is 7.13. The first-order valence-corrected chi connectivity index (χ1v) is 16.1. The first-order chi connectivity index (χ1) is 20.2. The van der Waals surface area contributed by atoms with Crippen LogP contribution in [0.5, 0.6) is 0 Å². The van der Waals surface area contributed by atoms with Gasteiger partial charge in [0.25, 0.3) is 0 Å². The number of halogens is 1. The normalized spacial score (nSPS) is 17.0. The highest BCUT2D eigenvalue weighted by molar-refractivity contribution is 7.13. The van der Waals surface area contributed by atoms with E-state index in [-0.39, 0.29) is 0 Å². The van der Waals surface area contributed by atoms with Crippen LogP contribution in [-0.4, -0.2) is 40.7 Å². The fraction of sp³-hybridized carbons (Fsp3) is 0.353. The van der Waals surface area contributed by atoms with E-state index < -0.39 is 0 Å². The lowest BCUT2D eigenvalue weighted by atomic mass is 10.1. The molecule has 0 unspecified atom stereocenters. The Kier molecular flexibility index (Phi) is 9.43. The molecule has 0 radical (unpaired) electrons. The minimum Gasteiger partial charge on any atom is -0.329 e. The lowest BCUT2D eigenvalue weighted by molar-refractivity contribution is 0.452. The van der Waals surface area contributed by atoms with Gasteiger partial charge >= 0.3 is 0 Å². The second-order valence-corrected chi connectivity index (χ2v) is 12.4. The summed E-state index contributed by atoms with van der Waals surface area (Å²) < 4.78 is 2.38. The molecule has 0 saturated heterocycles. The van der Waals surface area contributed by atoms with Crippen LogP contribution in [0.1, 0.15) is 48.4 Å². The minimum atomic E-state index is 0.313. The summed E-state index contributed by atoms with van der Waals surface area (Å²) in [5, 5.41) is 11.0. The molecule has 212 valence electrons. The van der Waals surface area contributed by atoms with Crippen LogP contribution in [0.3, 0.4) is 0 Å². The quantitative estimate of drug-likeness (QED) is 0.111. The number of benzene rings is 2. The maximum Gasteiger partial charge on any atom is 0.224 e. The molecule has 1 saturated carbocycles. The van der Waals surface area contributed by atoms with E-state index in [9.17, 15) is 0 Å². The Hall–Kier alpha value is -3.03. The maximum absolute atomic E-state index is 6.29. The molecule has 5 aromatic rings. The molecule has 1 fully saturated rings. The van der Waals surface area contributed by atoms with Crippen molar-refractivity contribution in [3.8, 4) is 10.4 Å². The van der Waals surface area contributed by atoms with Gasteiger partial charge in [0.2, 0.25) is 5.28 Å². The number of rotatable bonds is 13. The smallest absolute Gasteiger partial charge is 0.224 e. The maximum atomic E-state index is 6.29. The third-order valence-corrected chi connectivity index (χ3v) is 9.39. The highest BCUT2D eigenvalue weighted by Gasteiger charge is 2.28. The van der Waals surface area contributed by atoms with E-state index in [1.165, 1.54) is 40.0 Å². The zero-order valence-electron chi connectivity index (χ0n) is 23.4. The number of nitrogens with one attached hydrogen (secondary N) is 2. The van der Waals surface area contributed by atoms with Crippen molar-refractivity contribution in [2.45, 2.75) is 44.6 Å². The Balaban J connectivity index is 1.02. The molecule has 0 bridgehead atoms. The van der Waals surface area contributed by atoms with Gasteiger partial charge in [0.05, 0.1) is 0 Å². The lowest BCUT2D eigenvalue weighted by Crippen LogP contribution is -2.26. The Morgan fingerprint density at radius 1 is 0.902 bits per heavy atom. The zero-order valence-corrected chi connectivity index (χ0v) is 25.0. The monoisotopic (exact) mass is 583 g/mol. The first-order valence-electron chi connectivity index (χ1n) is 14.8. The summed E-state index contributed by atoms with van der Waals surface area (Å²) in [6.45, 7) is 4.23. The van der Waals surface area contributed by atoms with Crippen molar-refractivity contribution >= 4 is 34.0 Å². The molecule has 2 atom stereocenters. The van der Waals surface area contributed by atoms with E-state index in [1.54, 1.807) is 11.3 Å². The van der Waals surface area contributed by atoms with E-state index in [2.05, 4.69) is 98.5 Å². The van der Waals surface area contributed by atoms with Crippen molar-refractivity contribution in [1.82, 2.24) is 25.2 Å². The van der Waals surface area contributed by atoms with E-state index in [1.807, 2.05) is 6.20 Å². The van der Waals surface area contributed by atoms with Crippen LogP contribution in [-0.2, 0) is 12.8 Å². The average molecular weight is 584 g/mol. The Labute approximate surface area is 252 Å². The van der Waals surface area contributed by atoms with Crippen LogP contribution in [0.15, 0.2) is 84.5 Å². The highest BCUT2D eigenvalue weighted by atomic mass is 35.5. The Morgan fingerprint density at radius 2 is 1.68 bits per heavy atom. The van der Waals surface area contributed by atoms with Gasteiger partial charge in [0.15, 0.2) is 0 Å². The first kappa shape index (κ1) is 28.1. The molecule has 3 heterocycles. The molecule has 0 spiro atoms. The third kappa shape index (κ3) is 7.25. The van der Waals surface area contributed by atoms with Crippen LogP contribution >= 0.6 is 22.9 Å². The molecule has 41 heavy (non-hydrogen) atoms. The predicted molar refractivity (Wildman–Crippen MR) is 172 cm³/mol. The molecule has 5 nitrogen and oxygen atoms in total. The van der Waals surface area contributed by atoms with Gasteiger partial charge in [-0.15, -0.1) is 11.3 Å². The summed E-state index contributed by atoms with van der Waals surface area (Å²) in [6.07, 6.45) is 11.0. The number of nitrogens with zero attached hydrogens (tertiary/aromatic N) is 3. The summed E-state index contributed by atoms with van der Waals surface area (Å²) in [7, 11) is 0. The number of thiophene rings is 1. The van der Waals surface area contributed by atoms with Crippen molar-refractivity contribution in [2.24, 2.45) is 5.92 Å². The third-order valence-electron chi connectivity index (χ3n) is 8.19. The van der Waals surface area contributed by atoms with Crippen molar-refractivity contribution in [3.63, 3.8) is 0 Å². The molecule has 2 N–H and O–H groups in total. The van der Waals surface area contributed by atoms with Crippen molar-refractivity contribution < 1.29 is 0 Å². The van der Waals surface area contributed by atoms with Gasteiger partial charge in [0.1, 0.15) is 5.65 Å². The van der Waals surface area contributed by atoms with Crippen LogP contribution in [0.25, 0.3) is 21.5 Å². The van der Waals surface area contributed by atoms with E-state index in [0.717, 1.165) is 62.9 Å². The summed E-state index contributed by atoms with van der Waals surface area (Å²) >= 11 is 8.09. The fourth-order valence-electron chi connectivity index (χ4n) is 6.06. The summed E-state index contributed by atoms with van der Waals surface area (Å²) in [5.41, 5.74) is 6.23. The van der Waals surface area contributed by atoms with Gasteiger partial charge in [-0.1, -0.05) is 60.7 Å². The van der Waals surface area contributed by atoms with Gasteiger partial charge in [-0.05, 0) is 110 Å². The van der Waals surface area contributed by atoms with Crippen LogP contribution in [0, 0.1) is 5.92 Å². The molecule has 6 rings (SSSR count). The zero-order chi connectivity index (χ0) is 27.9. The summed E-state index contributed by atoms with van der Waals surface area (Å²) in [4.78, 5) is 10.3. The standard InChI is InChI=1S/C34H38ClN5S/c35-34-38-22-30-31(32-20-28(24-41-32)18-26-10-5-2-6-11-26)23-40(33(30)39-34)29-13-12-27(19-29)21-37-16-7-15-36-17-14-25-8-3-1-4-9-25/h1-6,8-11,20,22-24,27,29,36-37H,7,12-19,21H2/t27-,29+/m1/s1. The van der Waals surface area contributed by atoms with E-state index in [4.69, 9.17) is 16.6 Å². The molecule has 3 aromatic heterocycles. The largest absolute Gasteiger partial charge is 0.329 e. The Morgan fingerprint density at radius 3 is 2.51 bits per heavy atom. The second-order valence-electron chi connectivity index (χ2n) is 11.2. The summed E-state index contributed by atoms with van der Waals surface area (Å²) in [6, 6.07) is 24.1. The number of aromatic nitrogens is 3. The predicted octanol–water partition coefficient (Wildman–Crippen LogP) is 7.56. The van der Waals surface area contributed by atoms with Gasteiger partial charge in [-0.2, -0.15) is 4.98 Å². The molecular formula is C34H38ClN5S. The highest BCUT2D eigenvalue weighted by Crippen LogP contribution is 2.41. The molecular weight excluding hydrogens is 546 g/mol. The number of hydrogen-bond donors (Lipinski definition) is 2. The van der Waals surface area contributed by atoms with Crippen molar-refractivity contribution in [1.29, 1.82) is 0 Å². The molecule has 1 aliphatic carbocycles. The van der Waals surface area contributed by atoms with Crippen LogP contribution in [0.4, 0.5) is 0 Å². The van der Waals surface area contributed by atoms with Gasteiger partial charge in [0, 0.05) is 34.3 Å². The number of hydrogen-bond acceptors (Lipinski definition) is 5. The van der Waals surface area contributed by atoms with Crippen LogP contribution < -0.4 is 10.6 Å². The van der Waals surface area contributed by atoms with Gasteiger partial charge in [-0.3, -0.25) is 0 Å². The second kappa shape index (κ2) is 13.8. The van der Waals surface area contributed by atoms with Crippen molar-refractivity contribution in [3.05, 3.63) is 106 Å². The number of fused-ring (bicyclic) bond motifs is 1. The lowest BCUT2D eigenvalue weighted by Gasteiger charge is -2.15. The van der Waals surface area contributed by atoms with Gasteiger partial charge in [-0.25, -0.2) is 4.98 Å². The Bertz CT molecular complexity index is 1530. The molecule has 0 aliphatic heterocycles. The van der Waals surface area contributed by atoms with E-state index in [0.29, 0.717) is 17.2 Å². The molecule has 1 aliphatic rings. The van der Waals surface area contributed by atoms with Crippen LogP contribution in [0.2, 0.25) is 5.28 Å². The molecule has 7 heteroatoms. The summed E-state index contributed by atoms with van der Waals surface area (Å²) in [5.74, 6) is 0.684.